The highest BCUT2D eigenvalue weighted by Crippen LogP contribution is 2.29. The number of rotatable bonds is 3. The SMILES string of the molecule is Cc1cc(N2CCN(c3ccc4c(=O)n(C5CCCC5)cnc4c3)CC2)ccn1. The monoisotopic (exact) mass is 389 g/mol. The fourth-order valence-electron chi connectivity index (χ4n) is 4.71. The van der Waals surface area contributed by atoms with Crippen molar-refractivity contribution in [2.45, 2.75) is 38.6 Å². The molecule has 0 unspecified atom stereocenters. The molecule has 1 saturated carbocycles. The van der Waals surface area contributed by atoms with Gasteiger partial charge in [0.25, 0.3) is 5.56 Å². The number of pyridine rings is 1. The highest BCUT2D eigenvalue weighted by Gasteiger charge is 2.21. The van der Waals surface area contributed by atoms with Crippen molar-refractivity contribution in [3.8, 4) is 0 Å². The van der Waals surface area contributed by atoms with E-state index in [0.29, 0.717) is 6.04 Å². The molecule has 1 aliphatic carbocycles. The molecule has 29 heavy (non-hydrogen) atoms. The number of anilines is 2. The van der Waals surface area contributed by atoms with Crippen LogP contribution < -0.4 is 15.4 Å². The molecule has 1 aliphatic heterocycles. The number of benzene rings is 1. The molecule has 3 aromatic rings. The zero-order valence-electron chi connectivity index (χ0n) is 16.9. The number of hydrogen-bond donors (Lipinski definition) is 0. The Balaban J connectivity index is 1.35. The zero-order chi connectivity index (χ0) is 19.8. The van der Waals surface area contributed by atoms with Gasteiger partial charge in [0.15, 0.2) is 0 Å². The maximum atomic E-state index is 12.9. The zero-order valence-corrected chi connectivity index (χ0v) is 16.9. The van der Waals surface area contributed by atoms with Gasteiger partial charge in [-0.3, -0.25) is 14.3 Å². The topological polar surface area (TPSA) is 54.3 Å². The number of nitrogens with zero attached hydrogens (tertiary/aromatic N) is 5. The van der Waals surface area contributed by atoms with E-state index in [1.807, 2.05) is 23.8 Å². The van der Waals surface area contributed by atoms with Crippen LogP contribution in [0.25, 0.3) is 10.9 Å². The normalized spacial score (nSPS) is 18.0. The Morgan fingerprint density at radius 2 is 1.59 bits per heavy atom. The Morgan fingerprint density at radius 1 is 0.897 bits per heavy atom. The summed E-state index contributed by atoms with van der Waals surface area (Å²) in [5, 5.41) is 0.731. The van der Waals surface area contributed by atoms with Crippen LogP contribution in [0.3, 0.4) is 0 Å². The van der Waals surface area contributed by atoms with Crippen molar-refractivity contribution in [3.63, 3.8) is 0 Å². The highest BCUT2D eigenvalue weighted by atomic mass is 16.1. The van der Waals surface area contributed by atoms with Gasteiger partial charge in [0.05, 0.1) is 17.2 Å². The second-order valence-corrected chi connectivity index (χ2v) is 8.23. The van der Waals surface area contributed by atoms with E-state index in [1.165, 1.54) is 18.5 Å². The van der Waals surface area contributed by atoms with Gasteiger partial charge in [-0.1, -0.05) is 12.8 Å². The van der Waals surface area contributed by atoms with E-state index in [9.17, 15) is 4.79 Å². The first-order valence-corrected chi connectivity index (χ1v) is 10.6. The van der Waals surface area contributed by atoms with Gasteiger partial charge >= 0.3 is 0 Å². The van der Waals surface area contributed by atoms with Crippen LogP contribution in [0.5, 0.6) is 0 Å². The van der Waals surface area contributed by atoms with E-state index in [4.69, 9.17) is 0 Å². The Kier molecular flexibility index (Phi) is 4.70. The van der Waals surface area contributed by atoms with Gasteiger partial charge in [-0.2, -0.15) is 0 Å². The summed E-state index contributed by atoms with van der Waals surface area (Å²) in [6.07, 6.45) is 8.23. The molecule has 0 bridgehead atoms. The Bertz CT molecular complexity index is 1080. The Morgan fingerprint density at radius 3 is 2.28 bits per heavy atom. The lowest BCUT2D eigenvalue weighted by molar-refractivity contribution is 0.499. The number of hydrogen-bond acceptors (Lipinski definition) is 5. The van der Waals surface area contributed by atoms with E-state index in [0.717, 1.165) is 61.3 Å². The van der Waals surface area contributed by atoms with Gasteiger partial charge < -0.3 is 9.80 Å². The molecule has 6 heteroatoms. The third-order valence-electron chi connectivity index (χ3n) is 6.38. The van der Waals surface area contributed by atoms with Crippen molar-refractivity contribution in [1.29, 1.82) is 0 Å². The van der Waals surface area contributed by atoms with Gasteiger partial charge in [-0.25, -0.2) is 4.98 Å². The smallest absolute Gasteiger partial charge is 0.261 e. The van der Waals surface area contributed by atoms with Gasteiger partial charge in [-0.15, -0.1) is 0 Å². The maximum Gasteiger partial charge on any atom is 0.261 e. The minimum absolute atomic E-state index is 0.103. The number of aromatic nitrogens is 3. The van der Waals surface area contributed by atoms with Gasteiger partial charge in [0.2, 0.25) is 0 Å². The molecule has 0 N–H and O–H groups in total. The van der Waals surface area contributed by atoms with Gasteiger partial charge in [0.1, 0.15) is 0 Å². The molecule has 0 spiro atoms. The first kappa shape index (κ1) is 18.2. The molecule has 2 fully saturated rings. The van der Waals surface area contributed by atoms with Gasteiger partial charge in [0, 0.05) is 55.5 Å². The fourth-order valence-corrected chi connectivity index (χ4v) is 4.71. The van der Waals surface area contributed by atoms with Crippen LogP contribution in [0.2, 0.25) is 0 Å². The number of fused-ring (bicyclic) bond motifs is 1. The maximum absolute atomic E-state index is 12.9. The molecule has 5 rings (SSSR count). The molecule has 2 aromatic heterocycles. The molecule has 0 radical (unpaired) electrons. The molecule has 0 atom stereocenters. The van der Waals surface area contributed by atoms with Crippen molar-refractivity contribution in [3.05, 3.63) is 58.9 Å². The lowest BCUT2D eigenvalue weighted by Gasteiger charge is -2.37. The molecule has 3 heterocycles. The lowest BCUT2D eigenvalue weighted by atomic mass is 10.1. The third kappa shape index (κ3) is 3.48. The number of aryl methyl sites for hydroxylation is 1. The summed E-state index contributed by atoms with van der Waals surface area (Å²) in [7, 11) is 0. The first-order valence-electron chi connectivity index (χ1n) is 10.6. The van der Waals surface area contributed by atoms with Crippen LogP contribution in [0.15, 0.2) is 47.7 Å². The summed E-state index contributed by atoms with van der Waals surface area (Å²) in [6, 6.07) is 10.7. The minimum Gasteiger partial charge on any atom is -0.368 e. The molecular weight excluding hydrogens is 362 g/mol. The summed E-state index contributed by atoms with van der Waals surface area (Å²) in [4.78, 5) is 26.6. The van der Waals surface area contributed by atoms with Crippen molar-refractivity contribution in [1.82, 2.24) is 14.5 Å². The van der Waals surface area contributed by atoms with E-state index in [-0.39, 0.29) is 5.56 Å². The highest BCUT2D eigenvalue weighted by molar-refractivity contribution is 5.81. The largest absolute Gasteiger partial charge is 0.368 e. The van der Waals surface area contributed by atoms with Crippen LogP contribution in [0.1, 0.15) is 37.4 Å². The van der Waals surface area contributed by atoms with Crippen LogP contribution in [0, 0.1) is 6.92 Å². The van der Waals surface area contributed by atoms with Crippen LogP contribution in [0.4, 0.5) is 11.4 Å². The first-order chi connectivity index (χ1) is 14.2. The van der Waals surface area contributed by atoms with E-state index in [2.05, 4.69) is 44.0 Å². The molecule has 2 aliphatic rings. The molecule has 1 saturated heterocycles. The Labute approximate surface area is 170 Å². The van der Waals surface area contributed by atoms with E-state index < -0.39 is 0 Å². The second kappa shape index (κ2) is 7.50. The van der Waals surface area contributed by atoms with Crippen molar-refractivity contribution >= 4 is 22.3 Å². The third-order valence-corrected chi connectivity index (χ3v) is 6.38. The van der Waals surface area contributed by atoms with Crippen molar-refractivity contribution < 1.29 is 0 Å². The standard InChI is InChI=1S/C23H27N5O/c1-17-14-20(8-9-24-17)27-12-10-26(11-13-27)19-6-7-21-22(15-19)25-16-28(23(21)29)18-4-2-3-5-18/h6-9,14-16,18H,2-5,10-13H2,1H3. The molecular formula is C23H27N5O. The summed E-state index contributed by atoms with van der Waals surface area (Å²) in [5.74, 6) is 0. The average Bonchev–Trinajstić information content (AvgIpc) is 3.28. The molecule has 0 amide bonds. The number of piperazine rings is 1. The van der Waals surface area contributed by atoms with E-state index in [1.54, 1.807) is 6.33 Å². The molecule has 6 nitrogen and oxygen atoms in total. The summed E-state index contributed by atoms with van der Waals surface area (Å²) >= 11 is 0. The second-order valence-electron chi connectivity index (χ2n) is 8.23. The predicted octanol–water partition coefficient (Wildman–Crippen LogP) is 3.54. The quantitative estimate of drug-likeness (QED) is 0.686. The van der Waals surface area contributed by atoms with Crippen LogP contribution >= 0.6 is 0 Å². The summed E-state index contributed by atoms with van der Waals surface area (Å²) in [6.45, 7) is 5.87. The van der Waals surface area contributed by atoms with Crippen molar-refractivity contribution in [2.24, 2.45) is 0 Å². The Hall–Kier alpha value is -2.89. The summed E-state index contributed by atoms with van der Waals surface area (Å²) in [5.41, 5.74) is 4.34. The molecule has 150 valence electrons. The van der Waals surface area contributed by atoms with Gasteiger partial charge in [-0.05, 0) is 50.1 Å². The molecule has 1 aromatic carbocycles. The minimum atomic E-state index is 0.103. The fraction of sp³-hybridized carbons (Fsp3) is 0.435. The van der Waals surface area contributed by atoms with Crippen LogP contribution in [-0.4, -0.2) is 40.7 Å². The van der Waals surface area contributed by atoms with Crippen LogP contribution in [-0.2, 0) is 0 Å². The van der Waals surface area contributed by atoms with Crippen molar-refractivity contribution in [2.75, 3.05) is 36.0 Å². The average molecular weight is 390 g/mol. The summed E-state index contributed by atoms with van der Waals surface area (Å²) < 4.78 is 1.85. The lowest BCUT2D eigenvalue weighted by Crippen LogP contribution is -2.46. The van der Waals surface area contributed by atoms with E-state index >= 15 is 0 Å². The predicted molar refractivity (Wildman–Crippen MR) is 117 cm³/mol.